The summed E-state index contributed by atoms with van der Waals surface area (Å²) in [5.74, 6) is -0.648. The number of nitriles is 1. The van der Waals surface area contributed by atoms with Crippen molar-refractivity contribution in [2.45, 2.75) is 25.7 Å². The van der Waals surface area contributed by atoms with Gasteiger partial charge in [0.1, 0.15) is 6.07 Å². The van der Waals surface area contributed by atoms with E-state index in [9.17, 15) is 8.78 Å². The summed E-state index contributed by atoms with van der Waals surface area (Å²) in [4.78, 5) is 1.97. The highest BCUT2D eigenvalue weighted by Crippen LogP contribution is 2.37. The van der Waals surface area contributed by atoms with Crippen LogP contribution in [-0.4, -0.2) is 13.1 Å². The SMILES string of the molecule is N#Cc1ccc(N(CC2CC2)CC2CC2)c(F)c1F. The maximum Gasteiger partial charge on any atom is 0.183 e. The van der Waals surface area contributed by atoms with Crippen molar-refractivity contribution in [3.8, 4) is 6.07 Å². The average molecular weight is 262 g/mol. The molecule has 0 aliphatic heterocycles. The lowest BCUT2D eigenvalue weighted by Crippen LogP contribution is -2.29. The largest absolute Gasteiger partial charge is 0.369 e. The fraction of sp³-hybridized carbons (Fsp3) is 0.533. The molecule has 2 aliphatic carbocycles. The molecule has 0 N–H and O–H groups in total. The van der Waals surface area contributed by atoms with Gasteiger partial charge in [0.15, 0.2) is 11.6 Å². The van der Waals surface area contributed by atoms with Gasteiger partial charge < -0.3 is 4.90 Å². The molecule has 0 amide bonds. The van der Waals surface area contributed by atoms with E-state index in [-0.39, 0.29) is 5.56 Å². The first-order valence-electron chi connectivity index (χ1n) is 6.82. The van der Waals surface area contributed by atoms with Gasteiger partial charge in [-0.2, -0.15) is 5.26 Å². The fourth-order valence-electron chi connectivity index (χ4n) is 2.37. The number of rotatable bonds is 5. The smallest absolute Gasteiger partial charge is 0.183 e. The lowest BCUT2D eigenvalue weighted by Gasteiger charge is -2.25. The molecule has 0 aromatic heterocycles. The van der Waals surface area contributed by atoms with Crippen molar-refractivity contribution in [2.24, 2.45) is 11.8 Å². The molecule has 0 saturated heterocycles. The molecule has 0 heterocycles. The van der Waals surface area contributed by atoms with E-state index >= 15 is 0 Å². The van der Waals surface area contributed by atoms with Gasteiger partial charge in [0, 0.05) is 13.1 Å². The molecule has 100 valence electrons. The first-order chi connectivity index (χ1) is 9.19. The number of nitrogens with zero attached hydrogens (tertiary/aromatic N) is 2. The van der Waals surface area contributed by atoms with E-state index in [1.54, 1.807) is 12.1 Å². The normalized spacial score (nSPS) is 18.2. The van der Waals surface area contributed by atoms with Gasteiger partial charge in [-0.05, 0) is 49.7 Å². The molecule has 2 saturated carbocycles. The average Bonchev–Trinajstić information content (AvgIpc) is 3.27. The summed E-state index contributed by atoms with van der Waals surface area (Å²) >= 11 is 0. The quantitative estimate of drug-likeness (QED) is 0.812. The summed E-state index contributed by atoms with van der Waals surface area (Å²) in [7, 11) is 0. The molecule has 19 heavy (non-hydrogen) atoms. The molecule has 1 aromatic carbocycles. The maximum absolute atomic E-state index is 14.1. The molecule has 0 bridgehead atoms. The highest BCUT2D eigenvalue weighted by molar-refractivity contribution is 5.52. The molecular formula is C15H16F2N2. The Bertz CT molecular complexity index is 514. The van der Waals surface area contributed by atoms with Crippen LogP contribution < -0.4 is 4.90 Å². The second-order valence-corrected chi connectivity index (χ2v) is 5.66. The molecule has 2 nitrogen and oxygen atoms in total. The number of benzene rings is 1. The van der Waals surface area contributed by atoms with Crippen LogP contribution in [-0.2, 0) is 0 Å². The van der Waals surface area contributed by atoms with E-state index in [1.165, 1.54) is 31.7 Å². The van der Waals surface area contributed by atoms with Crippen molar-refractivity contribution in [2.75, 3.05) is 18.0 Å². The van der Waals surface area contributed by atoms with Crippen LogP contribution in [0.3, 0.4) is 0 Å². The van der Waals surface area contributed by atoms with Crippen LogP contribution in [0.15, 0.2) is 12.1 Å². The highest BCUT2D eigenvalue weighted by Gasteiger charge is 2.31. The van der Waals surface area contributed by atoms with Gasteiger partial charge in [0.25, 0.3) is 0 Å². The van der Waals surface area contributed by atoms with Crippen LogP contribution in [0.5, 0.6) is 0 Å². The summed E-state index contributed by atoms with van der Waals surface area (Å²) in [5, 5.41) is 8.71. The van der Waals surface area contributed by atoms with Crippen LogP contribution in [0.25, 0.3) is 0 Å². The van der Waals surface area contributed by atoms with Crippen LogP contribution in [0.4, 0.5) is 14.5 Å². The third kappa shape index (κ3) is 2.70. The Labute approximate surface area is 111 Å². The summed E-state index contributed by atoms with van der Waals surface area (Å²) in [6.07, 6.45) is 4.73. The first-order valence-corrected chi connectivity index (χ1v) is 6.82. The molecule has 4 heteroatoms. The number of halogens is 2. The minimum absolute atomic E-state index is 0.223. The van der Waals surface area contributed by atoms with Crippen molar-refractivity contribution in [1.29, 1.82) is 5.26 Å². The second-order valence-electron chi connectivity index (χ2n) is 5.66. The predicted octanol–water partition coefficient (Wildman–Crippen LogP) is 3.46. The zero-order valence-corrected chi connectivity index (χ0v) is 10.7. The Morgan fingerprint density at radius 2 is 1.63 bits per heavy atom. The monoisotopic (exact) mass is 262 g/mol. The molecule has 3 rings (SSSR count). The van der Waals surface area contributed by atoms with Crippen molar-refractivity contribution >= 4 is 5.69 Å². The first kappa shape index (κ1) is 12.4. The number of anilines is 1. The fourth-order valence-corrected chi connectivity index (χ4v) is 2.37. The maximum atomic E-state index is 14.1. The lowest BCUT2D eigenvalue weighted by molar-refractivity contribution is 0.501. The second kappa shape index (κ2) is 4.80. The summed E-state index contributed by atoms with van der Waals surface area (Å²) in [6, 6.07) is 4.59. The van der Waals surface area contributed by atoms with Gasteiger partial charge in [0.05, 0.1) is 11.3 Å². The van der Waals surface area contributed by atoms with Crippen molar-refractivity contribution in [3.05, 3.63) is 29.3 Å². The Morgan fingerprint density at radius 3 is 2.11 bits per heavy atom. The van der Waals surface area contributed by atoms with Crippen molar-refractivity contribution < 1.29 is 8.78 Å². The summed E-state index contributed by atoms with van der Waals surface area (Å²) < 4.78 is 27.8. The summed E-state index contributed by atoms with van der Waals surface area (Å²) in [6.45, 7) is 1.61. The van der Waals surface area contributed by atoms with E-state index in [0.717, 1.165) is 13.1 Å². The third-order valence-electron chi connectivity index (χ3n) is 3.87. The minimum Gasteiger partial charge on any atom is -0.369 e. The molecule has 0 unspecified atom stereocenters. The molecule has 0 radical (unpaired) electrons. The zero-order chi connectivity index (χ0) is 13.4. The molecule has 2 aliphatic rings. The Kier molecular flexibility index (Phi) is 3.14. The van der Waals surface area contributed by atoms with E-state index in [2.05, 4.69) is 0 Å². The van der Waals surface area contributed by atoms with Crippen LogP contribution in [0.2, 0.25) is 0 Å². The summed E-state index contributed by atoms with van der Waals surface area (Å²) in [5.41, 5.74) is 0.0920. The van der Waals surface area contributed by atoms with Crippen molar-refractivity contribution in [3.63, 3.8) is 0 Å². The van der Waals surface area contributed by atoms with Gasteiger partial charge in [0.2, 0.25) is 0 Å². The van der Waals surface area contributed by atoms with Gasteiger partial charge in [-0.15, -0.1) is 0 Å². The molecule has 0 spiro atoms. The van der Waals surface area contributed by atoms with Crippen LogP contribution >= 0.6 is 0 Å². The van der Waals surface area contributed by atoms with E-state index in [0.29, 0.717) is 17.5 Å². The Balaban J connectivity index is 1.87. The Morgan fingerprint density at radius 1 is 1.05 bits per heavy atom. The van der Waals surface area contributed by atoms with Crippen LogP contribution in [0.1, 0.15) is 31.2 Å². The van der Waals surface area contributed by atoms with E-state index in [1.807, 2.05) is 4.90 Å². The molecule has 2 fully saturated rings. The third-order valence-corrected chi connectivity index (χ3v) is 3.87. The Hall–Kier alpha value is -1.63. The lowest BCUT2D eigenvalue weighted by atomic mass is 10.1. The van der Waals surface area contributed by atoms with Crippen LogP contribution in [0, 0.1) is 34.8 Å². The van der Waals surface area contributed by atoms with Crippen molar-refractivity contribution in [1.82, 2.24) is 0 Å². The predicted molar refractivity (Wildman–Crippen MR) is 68.7 cm³/mol. The minimum atomic E-state index is -1.02. The van der Waals surface area contributed by atoms with Gasteiger partial charge in [-0.1, -0.05) is 0 Å². The number of hydrogen-bond donors (Lipinski definition) is 0. The zero-order valence-electron chi connectivity index (χ0n) is 10.7. The highest BCUT2D eigenvalue weighted by atomic mass is 19.2. The topological polar surface area (TPSA) is 27.0 Å². The van der Waals surface area contributed by atoms with Gasteiger partial charge >= 0.3 is 0 Å². The number of hydrogen-bond acceptors (Lipinski definition) is 2. The molecule has 1 aromatic rings. The van der Waals surface area contributed by atoms with E-state index < -0.39 is 11.6 Å². The van der Waals surface area contributed by atoms with E-state index in [4.69, 9.17) is 5.26 Å². The standard InChI is InChI=1S/C15H16F2N2/c16-14-12(7-18)5-6-13(15(14)17)19(8-10-1-2-10)9-11-3-4-11/h5-6,10-11H,1-4,8-9H2. The molecule has 0 atom stereocenters. The molecular weight excluding hydrogens is 246 g/mol. The van der Waals surface area contributed by atoms with Gasteiger partial charge in [-0.3, -0.25) is 0 Å². The van der Waals surface area contributed by atoms with Gasteiger partial charge in [-0.25, -0.2) is 8.78 Å².